The molecule has 1 aliphatic rings. The normalized spacial score (nSPS) is 16.6. The maximum atomic E-state index is 13.0. The number of hydrogen-bond acceptors (Lipinski definition) is 5. The lowest BCUT2D eigenvalue weighted by atomic mass is 10.00. The number of hydrogen-bond donors (Lipinski definition) is 0. The minimum Gasteiger partial charge on any atom is -0.452 e. The number of amides is 1. The van der Waals surface area contributed by atoms with E-state index < -0.39 is 16.0 Å². The molecule has 1 fully saturated rings. The second-order valence-electron chi connectivity index (χ2n) is 7.56. The van der Waals surface area contributed by atoms with Crippen molar-refractivity contribution in [2.24, 2.45) is 0 Å². The molecular weight excluding hydrogens is 416 g/mol. The Morgan fingerprint density at radius 2 is 1.84 bits per heavy atom. The number of carbonyl (C=O) groups excluding carboxylic acids is 2. The topological polar surface area (TPSA) is 84.0 Å². The number of rotatable bonds is 7. The molecule has 8 heteroatoms. The maximum absolute atomic E-state index is 13.0. The van der Waals surface area contributed by atoms with Crippen molar-refractivity contribution in [1.29, 1.82) is 0 Å². The average Bonchev–Trinajstić information content (AvgIpc) is 2.82. The van der Waals surface area contributed by atoms with Crippen LogP contribution in [-0.2, 0) is 19.6 Å². The van der Waals surface area contributed by atoms with Crippen LogP contribution >= 0.6 is 0 Å². The number of benzene rings is 2. The lowest BCUT2D eigenvalue weighted by Crippen LogP contribution is -2.45. The summed E-state index contributed by atoms with van der Waals surface area (Å²) in [6, 6.07) is 14.5. The zero-order chi connectivity index (χ0) is 22.4. The number of ether oxygens (including phenoxy) is 1. The lowest BCUT2D eigenvalue weighted by Gasteiger charge is -2.35. The van der Waals surface area contributed by atoms with Crippen molar-refractivity contribution in [3.05, 3.63) is 60.2 Å². The fourth-order valence-corrected chi connectivity index (χ4v) is 5.01. The lowest BCUT2D eigenvalue weighted by molar-refractivity contribution is -0.138. The van der Waals surface area contributed by atoms with Gasteiger partial charge in [-0.15, -0.1) is 0 Å². The summed E-state index contributed by atoms with van der Waals surface area (Å²) in [5, 5.41) is 0. The van der Waals surface area contributed by atoms with E-state index in [9.17, 15) is 18.0 Å². The average molecular weight is 445 g/mol. The molecule has 0 N–H and O–H groups in total. The number of nitrogens with zero attached hydrogens (tertiary/aromatic N) is 2. The molecule has 1 unspecified atom stereocenters. The SMILES string of the molecule is CCC1CCCCN1C(=O)COC(=O)c1cccc(S(=O)(=O)N(C)c2ccccc2)c1. The Morgan fingerprint density at radius 3 is 2.55 bits per heavy atom. The summed E-state index contributed by atoms with van der Waals surface area (Å²) >= 11 is 0. The van der Waals surface area contributed by atoms with Crippen LogP contribution in [0.2, 0.25) is 0 Å². The van der Waals surface area contributed by atoms with Gasteiger partial charge in [-0.3, -0.25) is 9.10 Å². The summed E-state index contributed by atoms with van der Waals surface area (Å²) < 4.78 is 32.3. The molecule has 31 heavy (non-hydrogen) atoms. The molecule has 166 valence electrons. The molecule has 2 aromatic carbocycles. The summed E-state index contributed by atoms with van der Waals surface area (Å²) in [5.41, 5.74) is 0.592. The van der Waals surface area contributed by atoms with E-state index in [-0.39, 0.29) is 29.0 Å². The Hall–Kier alpha value is -2.87. The summed E-state index contributed by atoms with van der Waals surface area (Å²) in [7, 11) is -2.40. The van der Waals surface area contributed by atoms with Gasteiger partial charge in [-0.05, 0) is 56.0 Å². The van der Waals surface area contributed by atoms with Crippen molar-refractivity contribution >= 4 is 27.6 Å². The zero-order valence-corrected chi connectivity index (χ0v) is 18.7. The molecule has 0 radical (unpaired) electrons. The molecular formula is C23H28N2O5S. The number of para-hydroxylation sites is 1. The van der Waals surface area contributed by atoms with Crippen molar-refractivity contribution in [3.63, 3.8) is 0 Å². The van der Waals surface area contributed by atoms with Gasteiger partial charge >= 0.3 is 5.97 Å². The number of carbonyl (C=O) groups is 2. The van der Waals surface area contributed by atoms with Gasteiger partial charge in [0.25, 0.3) is 15.9 Å². The van der Waals surface area contributed by atoms with E-state index in [0.717, 1.165) is 30.0 Å². The first kappa shape index (κ1) is 22.8. The van der Waals surface area contributed by atoms with Crippen LogP contribution in [0.1, 0.15) is 43.0 Å². The molecule has 0 saturated carbocycles. The van der Waals surface area contributed by atoms with Crippen molar-refractivity contribution in [2.75, 3.05) is 24.5 Å². The third-order valence-corrected chi connectivity index (χ3v) is 7.37. The van der Waals surface area contributed by atoms with Crippen LogP contribution in [0.15, 0.2) is 59.5 Å². The third kappa shape index (κ3) is 5.25. The van der Waals surface area contributed by atoms with Crippen LogP contribution in [0.3, 0.4) is 0 Å². The molecule has 1 heterocycles. The molecule has 1 aliphatic heterocycles. The maximum Gasteiger partial charge on any atom is 0.338 e. The first-order valence-corrected chi connectivity index (χ1v) is 11.9. The highest BCUT2D eigenvalue weighted by atomic mass is 32.2. The van der Waals surface area contributed by atoms with Gasteiger partial charge in [-0.2, -0.15) is 0 Å². The van der Waals surface area contributed by atoms with Gasteiger partial charge in [-0.1, -0.05) is 31.2 Å². The van der Waals surface area contributed by atoms with Gasteiger partial charge in [0.2, 0.25) is 0 Å². The molecule has 2 aromatic rings. The second-order valence-corrected chi connectivity index (χ2v) is 9.53. The predicted molar refractivity (Wildman–Crippen MR) is 118 cm³/mol. The Morgan fingerprint density at radius 1 is 1.10 bits per heavy atom. The first-order chi connectivity index (χ1) is 14.8. The molecule has 3 rings (SSSR count). The fourth-order valence-electron chi connectivity index (χ4n) is 3.77. The highest BCUT2D eigenvalue weighted by Gasteiger charge is 2.27. The Balaban J connectivity index is 1.69. The van der Waals surface area contributed by atoms with Gasteiger partial charge in [0.15, 0.2) is 6.61 Å². The monoisotopic (exact) mass is 444 g/mol. The van der Waals surface area contributed by atoms with Gasteiger partial charge < -0.3 is 9.64 Å². The number of piperidine rings is 1. The number of likely N-dealkylation sites (tertiary alicyclic amines) is 1. The zero-order valence-electron chi connectivity index (χ0n) is 17.9. The van der Waals surface area contributed by atoms with Gasteiger partial charge in [0.1, 0.15) is 0 Å². The predicted octanol–water partition coefficient (Wildman–Crippen LogP) is 3.46. The molecule has 1 saturated heterocycles. The minimum atomic E-state index is -3.86. The Labute approximate surface area is 183 Å². The number of esters is 1. The van der Waals surface area contributed by atoms with E-state index >= 15 is 0 Å². The molecule has 0 aliphatic carbocycles. The summed E-state index contributed by atoms with van der Waals surface area (Å²) in [6.45, 7) is 2.37. The molecule has 7 nitrogen and oxygen atoms in total. The molecule has 1 amide bonds. The minimum absolute atomic E-state index is 0.0262. The van der Waals surface area contributed by atoms with Crippen LogP contribution < -0.4 is 4.31 Å². The van der Waals surface area contributed by atoms with E-state index in [0.29, 0.717) is 12.2 Å². The number of sulfonamides is 1. The summed E-state index contributed by atoms with van der Waals surface area (Å²) in [5.74, 6) is -0.940. The van der Waals surface area contributed by atoms with Gasteiger partial charge in [0, 0.05) is 19.6 Å². The van der Waals surface area contributed by atoms with Crippen molar-refractivity contribution < 1.29 is 22.7 Å². The second kappa shape index (κ2) is 9.96. The molecule has 0 spiro atoms. The van der Waals surface area contributed by atoms with E-state index in [1.165, 1.54) is 31.3 Å². The van der Waals surface area contributed by atoms with E-state index in [1.807, 2.05) is 6.92 Å². The highest BCUT2D eigenvalue weighted by Crippen LogP contribution is 2.23. The van der Waals surface area contributed by atoms with E-state index in [4.69, 9.17) is 4.74 Å². The summed E-state index contributed by atoms with van der Waals surface area (Å²) in [6.07, 6.45) is 3.88. The molecule has 0 aromatic heterocycles. The van der Waals surface area contributed by atoms with Gasteiger partial charge in [-0.25, -0.2) is 13.2 Å². The molecule has 0 bridgehead atoms. The smallest absolute Gasteiger partial charge is 0.338 e. The summed E-state index contributed by atoms with van der Waals surface area (Å²) in [4.78, 5) is 26.8. The van der Waals surface area contributed by atoms with Crippen LogP contribution in [-0.4, -0.2) is 51.4 Å². The number of anilines is 1. The largest absolute Gasteiger partial charge is 0.452 e. The highest BCUT2D eigenvalue weighted by molar-refractivity contribution is 7.92. The van der Waals surface area contributed by atoms with Crippen LogP contribution in [0, 0.1) is 0 Å². The van der Waals surface area contributed by atoms with Crippen LogP contribution in [0.5, 0.6) is 0 Å². The molecule has 1 atom stereocenters. The van der Waals surface area contributed by atoms with Crippen LogP contribution in [0.25, 0.3) is 0 Å². The standard InChI is InChI=1S/C23H28N2O5S/c1-3-19-11-7-8-15-25(19)22(26)17-30-23(27)18-10-9-14-21(16-18)31(28,29)24(2)20-12-5-4-6-13-20/h4-6,9-10,12-14,16,19H,3,7-8,11,15,17H2,1-2H3. The van der Waals surface area contributed by atoms with E-state index in [2.05, 4.69) is 0 Å². The van der Waals surface area contributed by atoms with Crippen molar-refractivity contribution in [1.82, 2.24) is 4.90 Å². The van der Waals surface area contributed by atoms with Crippen molar-refractivity contribution in [3.8, 4) is 0 Å². The quantitative estimate of drug-likeness (QED) is 0.611. The van der Waals surface area contributed by atoms with Crippen molar-refractivity contribution in [2.45, 2.75) is 43.5 Å². The third-order valence-electron chi connectivity index (χ3n) is 5.59. The Kier molecular flexibility index (Phi) is 7.33. The first-order valence-electron chi connectivity index (χ1n) is 10.4. The van der Waals surface area contributed by atoms with E-state index in [1.54, 1.807) is 35.2 Å². The Bertz CT molecular complexity index is 1020. The van der Waals surface area contributed by atoms with Crippen LogP contribution in [0.4, 0.5) is 5.69 Å². The fraction of sp³-hybridized carbons (Fsp3) is 0.391. The van der Waals surface area contributed by atoms with Gasteiger partial charge in [0.05, 0.1) is 16.1 Å².